The van der Waals surface area contributed by atoms with Crippen molar-refractivity contribution in [1.29, 1.82) is 5.26 Å². The van der Waals surface area contributed by atoms with Crippen LogP contribution >= 0.6 is 0 Å². The number of nitrogens with one attached hydrogen (secondary N) is 3. The number of carbonyl (C=O) groups excluding carboxylic acids is 4. The summed E-state index contributed by atoms with van der Waals surface area (Å²) in [5, 5.41) is 28.1. The van der Waals surface area contributed by atoms with E-state index in [4.69, 9.17) is 9.15 Å². The number of hydrogen-bond donors (Lipinski definition) is 4. The van der Waals surface area contributed by atoms with Gasteiger partial charge in [-0.2, -0.15) is 5.26 Å². The van der Waals surface area contributed by atoms with Gasteiger partial charge in [-0.1, -0.05) is 20.8 Å². The number of nitrogens with zero attached hydrogens (tertiary/aromatic N) is 2. The van der Waals surface area contributed by atoms with Gasteiger partial charge in [0.2, 0.25) is 17.7 Å². The predicted octanol–water partition coefficient (Wildman–Crippen LogP) is 0.773. The summed E-state index contributed by atoms with van der Waals surface area (Å²) in [5.74, 6) is -2.33. The Morgan fingerprint density at radius 3 is 2.56 bits per heavy atom. The van der Waals surface area contributed by atoms with Crippen LogP contribution < -0.4 is 16.0 Å². The minimum Gasteiger partial charge on any atom is -0.466 e. The molecular weight excluding hydrogens is 506 g/mol. The first-order valence-corrected chi connectivity index (χ1v) is 13.3. The van der Waals surface area contributed by atoms with E-state index in [0.29, 0.717) is 13.0 Å². The van der Waals surface area contributed by atoms with Crippen molar-refractivity contribution in [3.8, 4) is 6.07 Å². The maximum absolute atomic E-state index is 13.9. The molecule has 0 radical (unpaired) electrons. The van der Waals surface area contributed by atoms with Crippen molar-refractivity contribution in [2.24, 2.45) is 11.3 Å². The molecule has 4 N–H and O–H groups in total. The topological polar surface area (TPSA) is 174 Å². The number of carbonyl (C=O) groups is 4. The first-order valence-electron chi connectivity index (χ1n) is 13.3. The van der Waals surface area contributed by atoms with Gasteiger partial charge in [0, 0.05) is 25.4 Å². The summed E-state index contributed by atoms with van der Waals surface area (Å²) in [6, 6.07) is 2.09. The third-order valence-corrected chi connectivity index (χ3v) is 6.93. The summed E-state index contributed by atoms with van der Waals surface area (Å²) >= 11 is 0. The van der Waals surface area contributed by atoms with Crippen molar-refractivity contribution in [3.63, 3.8) is 0 Å². The van der Waals surface area contributed by atoms with Gasteiger partial charge in [0.1, 0.15) is 23.9 Å². The van der Waals surface area contributed by atoms with Crippen LogP contribution in [0.25, 0.3) is 0 Å². The summed E-state index contributed by atoms with van der Waals surface area (Å²) in [6.07, 6.45) is 0.0929. The van der Waals surface area contributed by atoms with E-state index in [0.717, 1.165) is 0 Å². The van der Waals surface area contributed by atoms with Crippen LogP contribution in [0.2, 0.25) is 0 Å². The maximum atomic E-state index is 13.9. The minimum atomic E-state index is -1.61. The van der Waals surface area contributed by atoms with E-state index in [1.54, 1.807) is 20.8 Å². The number of furan rings is 1. The molecule has 0 spiro atoms. The largest absolute Gasteiger partial charge is 0.466 e. The highest BCUT2D eigenvalue weighted by Crippen LogP contribution is 2.29. The van der Waals surface area contributed by atoms with Crippen LogP contribution in [0.3, 0.4) is 0 Å². The van der Waals surface area contributed by atoms with Crippen molar-refractivity contribution in [3.05, 3.63) is 24.2 Å². The molecule has 2 aliphatic rings. The lowest BCUT2D eigenvalue weighted by Crippen LogP contribution is -2.58. The third-order valence-electron chi connectivity index (χ3n) is 6.93. The molecule has 12 heteroatoms. The highest BCUT2D eigenvalue weighted by atomic mass is 16.5. The van der Waals surface area contributed by atoms with Crippen LogP contribution in [0, 0.1) is 22.7 Å². The van der Waals surface area contributed by atoms with Crippen LogP contribution in [0.4, 0.5) is 0 Å². The Labute approximate surface area is 228 Å². The maximum Gasteiger partial charge on any atom is 0.257 e. The average Bonchev–Trinajstić information content (AvgIpc) is 3.62. The molecule has 0 aromatic carbocycles. The number of aliphatic hydroxyl groups excluding tert-OH is 1. The molecule has 2 unspecified atom stereocenters. The van der Waals surface area contributed by atoms with Gasteiger partial charge < -0.3 is 35.1 Å². The molecule has 2 saturated heterocycles. The summed E-state index contributed by atoms with van der Waals surface area (Å²) < 4.78 is 11.0. The molecule has 3 rings (SSSR count). The van der Waals surface area contributed by atoms with Gasteiger partial charge >= 0.3 is 0 Å². The number of ether oxygens (including phenoxy) is 1. The van der Waals surface area contributed by atoms with E-state index >= 15 is 0 Å². The molecule has 0 bridgehead atoms. The van der Waals surface area contributed by atoms with E-state index < -0.39 is 53.5 Å². The zero-order chi connectivity index (χ0) is 28.9. The van der Waals surface area contributed by atoms with E-state index in [1.165, 1.54) is 23.3 Å². The van der Waals surface area contributed by atoms with Crippen LogP contribution in [0.1, 0.15) is 65.7 Å². The minimum absolute atomic E-state index is 0.0370. The van der Waals surface area contributed by atoms with Crippen molar-refractivity contribution in [1.82, 2.24) is 20.9 Å². The standard InChI is InChI=1S/C27H39N5O7/c1-15(2)39-18-12-19(24(35)30-17(13-28)11-16-8-9-29-23(16)34)32(14-18)26(37)22(27(3,4)5)31-25(36)21(33)20-7-6-10-38-20/h6-7,10,15-19,21-22,33H,8-9,11-12,14H2,1-5H3,(H,29,34)(H,30,35)(H,31,36)/t16-,17?,18-,19+,21?,22-/m1/s1. The first kappa shape index (κ1) is 30.1. The number of nitriles is 1. The van der Waals surface area contributed by atoms with Crippen LogP contribution in [-0.4, -0.2) is 77.1 Å². The van der Waals surface area contributed by atoms with Crippen LogP contribution in [0.15, 0.2) is 22.8 Å². The number of hydrogen-bond acceptors (Lipinski definition) is 8. The molecule has 12 nitrogen and oxygen atoms in total. The van der Waals surface area contributed by atoms with Gasteiger partial charge in [-0.15, -0.1) is 0 Å². The Bertz CT molecular complexity index is 1080. The molecule has 4 amide bonds. The van der Waals surface area contributed by atoms with E-state index in [2.05, 4.69) is 16.0 Å². The Kier molecular flexibility index (Phi) is 9.74. The van der Waals surface area contributed by atoms with Crippen molar-refractivity contribution >= 4 is 23.6 Å². The quantitative estimate of drug-likeness (QED) is 0.334. The zero-order valence-electron chi connectivity index (χ0n) is 23.1. The fraction of sp³-hybridized carbons (Fsp3) is 0.667. The molecule has 39 heavy (non-hydrogen) atoms. The normalized spacial score (nSPS) is 23.6. The van der Waals surface area contributed by atoms with Crippen LogP contribution in [-0.2, 0) is 23.9 Å². The molecule has 2 aliphatic heterocycles. The van der Waals surface area contributed by atoms with E-state index in [9.17, 15) is 29.5 Å². The molecule has 0 aliphatic carbocycles. The number of likely N-dealkylation sites (tertiary alicyclic amines) is 1. The van der Waals surface area contributed by atoms with Crippen molar-refractivity contribution < 1.29 is 33.4 Å². The molecule has 0 saturated carbocycles. The number of aliphatic hydroxyl groups is 1. The first-order chi connectivity index (χ1) is 18.3. The van der Waals surface area contributed by atoms with Gasteiger partial charge in [0.05, 0.1) is 24.5 Å². The molecule has 3 heterocycles. The Balaban J connectivity index is 1.79. The predicted molar refractivity (Wildman–Crippen MR) is 138 cm³/mol. The second kappa shape index (κ2) is 12.6. The molecule has 1 aromatic heterocycles. The Morgan fingerprint density at radius 2 is 2.03 bits per heavy atom. The average molecular weight is 546 g/mol. The monoisotopic (exact) mass is 545 g/mol. The summed E-state index contributed by atoms with van der Waals surface area (Å²) in [4.78, 5) is 53.5. The lowest BCUT2D eigenvalue weighted by molar-refractivity contribution is -0.145. The molecule has 6 atom stereocenters. The highest BCUT2D eigenvalue weighted by Gasteiger charge is 2.46. The van der Waals surface area contributed by atoms with Gasteiger partial charge in [0.15, 0.2) is 6.10 Å². The van der Waals surface area contributed by atoms with Gasteiger partial charge in [0.25, 0.3) is 5.91 Å². The number of rotatable bonds is 10. The number of amides is 4. The molecule has 1 aromatic rings. The SMILES string of the molecule is CC(C)O[C@@H]1C[C@@H](C(=O)NC(C#N)C[C@H]2CCNC2=O)N(C(=O)[C@@H](NC(=O)C(O)c2ccco2)C(C)(C)C)C1. The van der Waals surface area contributed by atoms with E-state index in [1.807, 2.05) is 19.9 Å². The summed E-state index contributed by atoms with van der Waals surface area (Å²) in [7, 11) is 0. The second-order valence-electron chi connectivity index (χ2n) is 11.5. The third kappa shape index (κ3) is 7.58. The van der Waals surface area contributed by atoms with E-state index in [-0.39, 0.29) is 43.1 Å². The fourth-order valence-corrected chi connectivity index (χ4v) is 4.95. The van der Waals surface area contributed by atoms with Crippen molar-refractivity contribution in [2.75, 3.05) is 13.1 Å². The lowest BCUT2D eigenvalue weighted by atomic mass is 9.85. The van der Waals surface area contributed by atoms with Crippen LogP contribution in [0.5, 0.6) is 0 Å². The van der Waals surface area contributed by atoms with Gasteiger partial charge in [-0.3, -0.25) is 19.2 Å². The van der Waals surface area contributed by atoms with Crippen molar-refractivity contribution in [2.45, 2.75) is 90.3 Å². The fourth-order valence-electron chi connectivity index (χ4n) is 4.95. The Morgan fingerprint density at radius 1 is 1.31 bits per heavy atom. The second-order valence-corrected chi connectivity index (χ2v) is 11.5. The molecule has 214 valence electrons. The Hall–Kier alpha value is -3.43. The lowest BCUT2D eigenvalue weighted by Gasteiger charge is -2.35. The van der Waals surface area contributed by atoms with Gasteiger partial charge in [-0.25, -0.2) is 0 Å². The highest BCUT2D eigenvalue weighted by molar-refractivity contribution is 5.94. The summed E-state index contributed by atoms with van der Waals surface area (Å²) in [6.45, 7) is 9.64. The summed E-state index contributed by atoms with van der Waals surface area (Å²) in [5.41, 5.74) is -0.779. The molecular formula is C27H39N5O7. The zero-order valence-corrected chi connectivity index (χ0v) is 23.1. The molecule has 2 fully saturated rings. The smallest absolute Gasteiger partial charge is 0.257 e. The van der Waals surface area contributed by atoms with Gasteiger partial charge in [-0.05, 0) is 44.2 Å².